The van der Waals surface area contributed by atoms with Crippen LogP contribution in [-0.2, 0) is 7.05 Å². The minimum atomic E-state index is -0.299. The number of piperazine rings is 1. The average Bonchev–Trinajstić information content (AvgIpc) is 3.46. The molecule has 6 rings (SSSR count). The minimum Gasteiger partial charge on any atom is -0.507 e. The molecule has 2 bridgehead atoms. The molecule has 7 heteroatoms. The molecule has 0 aliphatic carbocycles. The summed E-state index contributed by atoms with van der Waals surface area (Å²) >= 11 is 0. The van der Waals surface area contributed by atoms with Crippen LogP contribution in [0.5, 0.6) is 11.5 Å². The number of aromatic nitrogens is 2. The molecule has 2 fully saturated rings. The fourth-order valence-corrected chi connectivity index (χ4v) is 5.19. The van der Waals surface area contributed by atoms with Crippen LogP contribution in [0.4, 0.5) is 5.69 Å². The number of hydrogen-bond acceptors (Lipinski definition) is 6. The number of nitrogens with zero attached hydrogens (tertiary/aromatic N) is 4. The van der Waals surface area contributed by atoms with Gasteiger partial charge in [-0.3, -0.25) is 9.69 Å². The number of ether oxygens (including phenoxy) is 1. The highest BCUT2D eigenvalue weighted by molar-refractivity contribution is 6.17. The van der Waals surface area contributed by atoms with Crippen molar-refractivity contribution in [2.45, 2.75) is 18.5 Å². The highest BCUT2D eigenvalue weighted by Gasteiger charge is 2.42. The van der Waals surface area contributed by atoms with E-state index in [1.807, 2.05) is 24.0 Å². The number of phenolic OH excluding ortho intramolecular Hbond substituents is 1. The van der Waals surface area contributed by atoms with Crippen LogP contribution >= 0.6 is 0 Å². The Morgan fingerprint density at radius 1 is 1.20 bits per heavy atom. The lowest BCUT2D eigenvalue weighted by Gasteiger charge is -2.34. The molecule has 0 saturated carbocycles. The first-order chi connectivity index (χ1) is 14.5. The van der Waals surface area contributed by atoms with Crippen molar-refractivity contribution in [3.05, 3.63) is 53.5 Å². The van der Waals surface area contributed by atoms with Crippen LogP contribution in [0.3, 0.4) is 0 Å². The predicted octanol–water partition coefficient (Wildman–Crippen LogP) is 2.79. The van der Waals surface area contributed by atoms with Crippen molar-refractivity contribution in [3.8, 4) is 11.5 Å². The van der Waals surface area contributed by atoms with Crippen LogP contribution in [-0.4, -0.2) is 57.6 Å². The summed E-state index contributed by atoms with van der Waals surface area (Å²) in [4.78, 5) is 22.4. The Morgan fingerprint density at radius 2 is 2.07 bits per heavy atom. The van der Waals surface area contributed by atoms with Crippen LogP contribution in [0.25, 0.3) is 17.1 Å². The molecule has 3 aromatic rings. The van der Waals surface area contributed by atoms with Crippen molar-refractivity contribution < 1.29 is 14.6 Å². The van der Waals surface area contributed by atoms with E-state index in [9.17, 15) is 9.90 Å². The Bertz CT molecular complexity index is 1240. The Kier molecular flexibility index (Phi) is 3.56. The van der Waals surface area contributed by atoms with Gasteiger partial charge in [-0.1, -0.05) is 6.07 Å². The molecular formula is C23H22N4O3. The Balaban J connectivity index is 1.47. The number of carbonyl (C=O) groups is 1. The van der Waals surface area contributed by atoms with E-state index in [2.05, 4.69) is 27.9 Å². The fraction of sp³-hybridized carbons (Fsp3) is 0.304. The number of anilines is 1. The van der Waals surface area contributed by atoms with Gasteiger partial charge in [-0.2, -0.15) is 0 Å². The maximum Gasteiger partial charge on any atom is 0.235 e. The number of ketones is 1. The molecule has 2 unspecified atom stereocenters. The summed E-state index contributed by atoms with van der Waals surface area (Å²) in [5, 5.41) is 11.1. The zero-order valence-electron chi connectivity index (χ0n) is 16.9. The first-order valence-electron chi connectivity index (χ1n) is 10.2. The molecule has 30 heavy (non-hydrogen) atoms. The van der Waals surface area contributed by atoms with Gasteiger partial charge in [-0.15, -0.1) is 0 Å². The number of likely N-dealkylation sites (N-methyl/N-ethyl adjacent to an activating group) is 1. The number of aryl methyl sites for hydroxylation is 1. The van der Waals surface area contributed by atoms with Crippen LogP contribution in [0.2, 0.25) is 0 Å². The van der Waals surface area contributed by atoms with Crippen molar-refractivity contribution in [3.63, 3.8) is 0 Å². The van der Waals surface area contributed by atoms with E-state index in [1.54, 1.807) is 18.2 Å². The van der Waals surface area contributed by atoms with Crippen LogP contribution in [0.15, 0.2) is 42.4 Å². The lowest BCUT2D eigenvalue weighted by molar-refractivity contribution is 0.101. The molecule has 3 aliphatic rings. The topological polar surface area (TPSA) is 70.8 Å². The summed E-state index contributed by atoms with van der Waals surface area (Å²) in [6, 6.07) is 8.02. The van der Waals surface area contributed by atoms with Gasteiger partial charge in [0.05, 0.1) is 5.69 Å². The first kappa shape index (κ1) is 17.5. The number of carbonyl (C=O) groups excluding carboxylic acids is 1. The van der Waals surface area contributed by atoms with Gasteiger partial charge in [0.1, 0.15) is 22.7 Å². The molecule has 7 nitrogen and oxygen atoms in total. The monoisotopic (exact) mass is 402 g/mol. The first-order valence-corrected chi connectivity index (χ1v) is 10.2. The van der Waals surface area contributed by atoms with Crippen LogP contribution in [0, 0.1) is 0 Å². The van der Waals surface area contributed by atoms with Gasteiger partial charge in [0.15, 0.2) is 5.76 Å². The molecule has 1 aromatic carbocycles. The third-order valence-corrected chi connectivity index (χ3v) is 6.65. The van der Waals surface area contributed by atoms with E-state index in [-0.39, 0.29) is 22.9 Å². The number of likely N-dealkylation sites (tertiary alicyclic amines) is 1. The van der Waals surface area contributed by atoms with Crippen molar-refractivity contribution >= 4 is 28.6 Å². The highest BCUT2D eigenvalue weighted by Crippen LogP contribution is 2.41. The molecular weight excluding hydrogens is 380 g/mol. The number of phenols is 1. The van der Waals surface area contributed by atoms with Crippen LogP contribution in [0.1, 0.15) is 22.3 Å². The van der Waals surface area contributed by atoms with Crippen molar-refractivity contribution in [2.24, 2.45) is 7.05 Å². The summed E-state index contributed by atoms with van der Waals surface area (Å²) in [6.45, 7) is 2.06. The summed E-state index contributed by atoms with van der Waals surface area (Å²) in [5.74, 6) is 0.256. The van der Waals surface area contributed by atoms with Crippen molar-refractivity contribution in [1.82, 2.24) is 14.5 Å². The van der Waals surface area contributed by atoms with Gasteiger partial charge >= 0.3 is 0 Å². The highest BCUT2D eigenvalue weighted by atomic mass is 16.5. The summed E-state index contributed by atoms with van der Waals surface area (Å²) in [6.07, 6.45) is 6.79. The second-order valence-corrected chi connectivity index (χ2v) is 8.45. The molecule has 152 valence electrons. The Labute approximate surface area is 173 Å². The molecule has 0 spiro atoms. The predicted molar refractivity (Wildman–Crippen MR) is 114 cm³/mol. The van der Waals surface area contributed by atoms with E-state index >= 15 is 0 Å². The third-order valence-electron chi connectivity index (χ3n) is 6.65. The zero-order valence-corrected chi connectivity index (χ0v) is 16.9. The number of allylic oxidation sites excluding steroid dienone is 1. The summed E-state index contributed by atoms with van der Waals surface area (Å²) in [5.41, 5.74) is 3.14. The Morgan fingerprint density at radius 3 is 2.80 bits per heavy atom. The second-order valence-electron chi connectivity index (χ2n) is 8.45. The van der Waals surface area contributed by atoms with E-state index < -0.39 is 0 Å². The quantitative estimate of drug-likeness (QED) is 0.665. The van der Waals surface area contributed by atoms with Gasteiger partial charge in [-0.25, -0.2) is 4.98 Å². The van der Waals surface area contributed by atoms with Gasteiger partial charge in [0.25, 0.3) is 0 Å². The lowest BCUT2D eigenvalue weighted by Crippen LogP contribution is -2.44. The zero-order chi connectivity index (χ0) is 20.6. The average molecular weight is 402 g/mol. The summed E-state index contributed by atoms with van der Waals surface area (Å²) < 4.78 is 7.77. The number of rotatable bonds is 2. The number of aromatic hydroxyl groups is 1. The second kappa shape index (κ2) is 6.09. The number of Topliss-reactive ketones (excluding diaryl/α,β-unsaturated/α-hetero) is 1. The Hall–Kier alpha value is -3.32. The van der Waals surface area contributed by atoms with Gasteiger partial charge in [0, 0.05) is 55.6 Å². The molecule has 2 saturated heterocycles. The SMILES string of the molecule is CN1CC2CC1CN2c1ccnc2c1c(C=C1Oc3cccc(O)c3C1=O)cn2C. The fourth-order valence-electron chi connectivity index (χ4n) is 5.19. The number of pyridine rings is 1. The maximum absolute atomic E-state index is 12.9. The maximum atomic E-state index is 12.9. The van der Waals surface area contributed by atoms with Gasteiger partial charge in [-0.05, 0) is 37.7 Å². The molecule has 2 atom stereocenters. The largest absolute Gasteiger partial charge is 0.507 e. The summed E-state index contributed by atoms with van der Waals surface area (Å²) in [7, 11) is 4.15. The number of benzene rings is 1. The smallest absolute Gasteiger partial charge is 0.235 e. The molecule has 0 amide bonds. The molecule has 0 radical (unpaired) electrons. The van der Waals surface area contributed by atoms with Gasteiger partial charge in [0.2, 0.25) is 5.78 Å². The number of hydrogen-bond donors (Lipinski definition) is 1. The molecule has 3 aliphatic heterocycles. The van der Waals surface area contributed by atoms with Crippen LogP contribution < -0.4 is 9.64 Å². The lowest BCUT2D eigenvalue weighted by atomic mass is 10.1. The number of fused-ring (bicyclic) bond motifs is 4. The van der Waals surface area contributed by atoms with E-state index in [0.29, 0.717) is 17.8 Å². The van der Waals surface area contributed by atoms with Crippen molar-refractivity contribution in [2.75, 3.05) is 25.0 Å². The van der Waals surface area contributed by atoms with E-state index in [0.717, 1.165) is 35.4 Å². The molecule has 1 N–H and O–H groups in total. The van der Waals surface area contributed by atoms with E-state index in [4.69, 9.17) is 4.74 Å². The van der Waals surface area contributed by atoms with E-state index in [1.165, 1.54) is 12.5 Å². The minimum absolute atomic E-state index is 0.0570. The molecule has 2 aromatic heterocycles. The third kappa shape index (κ3) is 2.35. The van der Waals surface area contributed by atoms with Crippen molar-refractivity contribution in [1.29, 1.82) is 0 Å². The standard InChI is InChI=1S/C23H22N4O3/c1-25-11-15-9-14(25)12-27(15)16-6-7-24-23-20(16)13(10-26(23)2)8-19-22(29)21-17(28)4-3-5-18(21)30-19/h3-8,10,14-15,28H,9,11-12H2,1-2H3. The normalized spacial score (nSPS) is 24.3. The molecule has 5 heterocycles. The van der Waals surface area contributed by atoms with Gasteiger partial charge < -0.3 is 19.3 Å².